The lowest BCUT2D eigenvalue weighted by Gasteiger charge is -2.10. The Hall–Kier alpha value is -2.67. The van der Waals surface area contributed by atoms with Gasteiger partial charge >= 0.3 is 12.0 Å². The zero-order valence-corrected chi connectivity index (χ0v) is 13.5. The zero-order valence-electron chi connectivity index (χ0n) is 12.7. The number of aryl methyl sites for hydroxylation is 1. The molecule has 0 aliphatic heterocycles. The van der Waals surface area contributed by atoms with E-state index in [0.717, 1.165) is 11.1 Å². The molecule has 0 aliphatic rings. The minimum absolute atomic E-state index is 0.401. The number of esters is 1. The summed E-state index contributed by atoms with van der Waals surface area (Å²) in [6, 6.07) is 8.10. The van der Waals surface area contributed by atoms with Gasteiger partial charge in [0.1, 0.15) is 4.88 Å². The molecule has 0 aliphatic carbocycles. The van der Waals surface area contributed by atoms with Gasteiger partial charge in [-0.1, -0.05) is 18.2 Å². The average molecular weight is 332 g/mol. The molecule has 2 rings (SSSR count). The standard InChI is InChI=1S/C16H16N2O4S/c1-10-5-3-6-12(11(10)2)17-16(21)18-14(19)9-22-15(20)13-7-4-8-23-13/h3-8H,9H2,1-2H3,(H2,17,18,19,21). The third kappa shape index (κ3) is 4.65. The number of nitrogens with one attached hydrogen (secondary N) is 2. The van der Waals surface area contributed by atoms with Gasteiger partial charge in [-0.05, 0) is 42.5 Å². The Labute approximate surface area is 137 Å². The molecule has 0 spiro atoms. The Bertz CT molecular complexity index is 726. The summed E-state index contributed by atoms with van der Waals surface area (Å²) in [6.07, 6.45) is 0. The van der Waals surface area contributed by atoms with Gasteiger partial charge < -0.3 is 10.1 Å². The van der Waals surface area contributed by atoms with Crippen LogP contribution < -0.4 is 10.6 Å². The number of anilines is 1. The smallest absolute Gasteiger partial charge is 0.348 e. The van der Waals surface area contributed by atoms with Crippen LogP contribution in [0.15, 0.2) is 35.7 Å². The fourth-order valence-corrected chi connectivity index (χ4v) is 2.42. The van der Waals surface area contributed by atoms with Crippen LogP contribution in [0.3, 0.4) is 0 Å². The predicted octanol–water partition coefficient (Wildman–Crippen LogP) is 2.87. The number of hydrogen-bond acceptors (Lipinski definition) is 5. The largest absolute Gasteiger partial charge is 0.451 e. The molecule has 2 N–H and O–H groups in total. The highest BCUT2D eigenvalue weighted by Gasteiger charge is 2.13. The Morgan fingerprint density at radius 1 is 1.13 bits per heavy atom. The van der Waals surface area contributed by atoms with E-state index in [1.165, 1.54) is 11.3 Å². The molecule has 120 valence electrons. The quantitative estimate of drug-likeness (QED) is 0.843. The van der Waals surface area contributed by atoms with Gasteiger partial charge in [-0.2, -0.15) is 0 Å². The number of thiophene rings is 1. The summed E-state index contributed by atoms with van der Waals surface area (Å²) in [4.78, 5) is 35.4. The van der Waals surface area contributed by atoms with E-state index in [-0.39, 0.29) is 0 Å². The van der Waals surface area contributed by atoms with E-state index in [1.807, 2.05) is 26.0 Å². The van der Waals surface area contributed by atoms with Crippen molar-refractivity contribution in [1.82, 2.24) is 5.32 Å². The van der Waals surface area contributed by atoms with Gasteiger partial charge in [0.25, 0.3) is 5.91 Å². The van der Waals surface area contributed by atoms with E-state index in [9.17, 15) is 14.4 Å². The second kappa shape index (κ2) is 7.55. The van der Waals surface area contributed by atoms with Crippen molar-refractivity contribution in [3.8, 4) is 0 Å². The maximum atomic E-state index is 11.8. The van der Waals surface area contributed by atoms with Crippen LogP contribution in [-0.4, -0.2) is 24.5 Å². The molecular formula is C16H16N2O4S. The molecule has 2 aromatic rings. The number of ether oxygens (including phenoxy) is 1. The van der Waals surface area contributed by atoms with Crippen LogP contribution in [0.25, 0.3) is 0 Å². The first-order valence-corrected chi connectivity index (χ1v) is 7.73. The highest BCUT2D eigenvalue weighted by Crippen LogP contribution is 2.17. The molecule has 0 saturated heterocycles. The maximum absolute atomic E-state index is 11.8. The second-order valence-electron chi connectivity index (χ2n) is 4.80. The summed E-state index contributed by atoms with van der Waals surface area (Å²) in [5.41, 5.74) is 2.56. The van der Waals surface area contributed by atoms with Gasteiger partial charge in [0.2, 0.25) is 0 Å². The van der Waals surface area contributed by atoms with Crippen molar-refractivity contribution in [2.24, 2.45) is 0 Å². The number of carbonyl (C=O) groups is 3. The molecule has 0 saturated carbocycles. The number of hydrogen-bond donors (Lipinski definition) is 2. The third-order valence-corrected chi connectivity index (χ3v) is 4.01. The highest BCUT2D eigenvalue weighted by atomic mass is 32.1. The molecule has 1 aromatic carbocycles. The maximum Gasteiger partial charge on any atom is 0.348 e. The van der Waals surface area contributed by atoms with Gasteiger partial charge in [0, 0.05) is 5.69 Å². The molecule has 0 fully saturated rings. The first kappa shape index (κ1) is 16.7. The number of rotatable bonds is 4. The summed E-state index contributed by atoms with van der Waals surface area (Å²) >= 11 is 1.22. The number of imide groups is 1. The molecule has 0 unspecified atom stereocenters. The summed E-state index contributed by atoms with van der Waals surface area (Å²) in [6.45, 7) is 3.28. The fraction of sp³-hybridized carbons (Fsp3) is 0.188. The van der Waals surface area contributed by atoms with E-state index in [4.69, 9.17) is 4.74 Å². The first-order valence-electron chi connectivity index (χ1n) is 6.85. The van der Waals surface area contributed by atoms with E-state index in [2.05, 4.69) is 10.6 Å². The molecule has 0 bridgehead atoms. The predicted molar refractivity (Wildman–Crippen MR) is 87.7 cm³/mol. The Balaban J connectivity index is 1.82. The molecule has 0 atom stereocenters. The first-order chi connectivity index (χ1) is 11.0. The lowest BCUT2D eigenvalue weighted by Crippen LogP contribution is -2.37. The van der Waals surface area contributed by atoms with Crippen LogP contribution >= 0.6 is 11.3 Å². The SMILES string of the molecule is Cc1cccc(NC(=O)NC(=O)COC(=O)c2cccs2)c1C. The summed E-state index contributed by atoms with van der Waals surface area (Å²) in [5, 5.41) is 6.43. The third-order valence-electron chi connectivity index (χ3n) is 3.16. The molecule has 23 heavy (non-hydrogen) atoms. The summed E-state index contributed by atoms with van der Waals surface area (Å²) < 4.78 is 4.82. The van der Waals surface area contributed by atoms with Crippen molar-refractivity contribution in [2.45, 2.75) is 13.8 Å². The van der Waals surface area contributed by atoms with Crippen molar-refractivity contribution in [2.75, 3.05) is 11.9 Å². The number of urea groups is 1. The van der Waals surface area contributed by atoms with Crippen molar-refractivity contribution in [1.29, 1.82) is 0 Å². The lowest BCUT2D eigenvalue weighted by molar-refractivity contribution is -0.123. The van der Waals surface area contributed by atoms with Crippen LogP contribution in [0.4, 0.5) is 10.5 Å². The average Bonchev–Trinajstić information content (AvgIpc) is 3.04. The van der Waals surface area contributed by atoms with Crippen molar-refractivity contribution >= 4 is 34.9 Å². The topological polar surface area (TPSA) is 84.5 Å². The van der Waals surface area contributed by atoms with Crippen molar-refractivity contribution < 1.29 is 19.1 Å². The normalized spacial score (nSPS) is 10.0. The zero-order chi connectivity index (χ0) is 16.8. The second-order valence-corrected chi connectivity index (χ2v) is 5.75. The van der Waals surface area contributed by atoms with Crippen LogP contribution in [-0.2, 0) is 9.53 Å². The Morgan fingerprint density at radius 2 is 1.91 bits per heavy atom. The number of benzene rings is 1. The number of carbonyl (C=O) groups excluding carboxylic acids is 3. The monoisotopic (exact) mass is 332 g/mol. The molecule has 1 heterocycles. The van der Waals surface area contributed by atoms with Crippen molar-refractivity contribution in [3.05, 3.63) is 51.7 Å². The van der Waals surface area contributed by atoms with Crippen molar-refractivity contribution in [3.63, 3.8) is 0 Å². The van der Waals surface area contributed by atoms with E-state index in [0.29, 0.717) is 10.6 Å². The lowest BCUT2D eigenvalue weighted by atomic mass is 10.1. The van der Waals surface area contributed by atoms with Gasteiger partial charge in [-0.25, -0.2) is 9.59 Å². The van der Waals surface area contributed by atoms with Gasteiger partial charge in [0.05, 0.1) is 0 Å². The van der Waals surface area contributed by atoms with E-state index < -0.39 is 24.5 Å². The van der Waals surface area contributed by atoms with Gasteiger partial charge in [-0.3, -0.25) is 10.1 Å². The van der Waals surface area contributed by atoms with Crippen LogP contribution in [0.5, 0.6) is 0 Å². The fourth-order valence-electron chi connectivity index (χ4n) is 1.80. The Kier molecular flexibility index (Phi) is 5.48. The minimum Gasteiger partial charge on any atom is -0.451 e. The van der Waals surface area contributed by atoms with Crippen LogP contribution in [0.2, 0.25) is 0 Å². The molecule has 7 heteroatoms. The molecular weight excluding hydrogens is 316 g/mol. The summed E-state index contributed by atoms with van der Waals surface area (Å²) in [7, 11) is 0. The van der Waals surface area contributed by atoms with E-state index in [1.54, 1.807) is 23.6 Å². The summed E-state index contributed by atoms with van der Waals surface area (Å²) in [5.74, 6) is -1.29. The minimum atomic E-state index is -0.697. The van der Waals surface area contributed by atoms with E-state index >= 15 is 0 Å². The van der Waals surface area contributed by atoms with Crippen LogP contribution in [0, 0.1) is 13.8 Å². The van der Waals surface area contributed by atoms with Gasteiger partial charge in [0.15, 0.2) is 6.61 Å². The molecule has 6 nitrogen and oxygen atoms in total. The number of amides is 3. The molecule has 1 aromatic heterocycles. The Morgan fingerprint density at radius 3 is 2.61 bits per heavy atom. The molecule has 3 amide bonds. The highest BCUT2D eigenvalue weighted by molar-refractivity contribution is 7.11. The van der Waals surface area contributed by atoms with Gasteiger partial charge in [-0.15, -0.1) is 11.3 Å². The molecule has 0 radical (unpaired) electrons. The van der Waals surface area contributed by atoms with Crippen LogP contribution in [0.1, 0.15) is 20.8 Å².